The number of benzene rings is 2. The lowest BCUT2D eigenvalue weighted by atomic mass is 10.1. The van der Waals surface area contributed by atoms with E-state index in [2.05, 4.69) is 0 Å². The highest BCUT2D eigenvalue weighted by atomic mass is 35.5. The van der Waals surface area contributed by atoms with Gasteiger partial charge in [0, 0.05) is 21.9 Å². The van der Waals surface area contributed by atoms with Crippen LogP contribution in [0.25, 0.3) is 16.8 Å². The molecule has 21 heavy (non-hydrogen) atoms. The molecule has 3 rings (SSSR count). The van der Waals surface area contributed by atoms with Crippen LogP contribution in [0.15, 0.2) is 65.3 Å². The van der Waals surface area contributed by atoms with Crippen molar-refractivity contribution < 1.29 is 13.9 Å². The first-order valence-corrected chi connectivity index (χ1v) is 6.72. The maximum absolute atomic E-state index is 11.9. The van der Waals surface area contributed by atoms with Crippen molar-refractivity contribution in [2.24, 2.45) is 0 Å². The van der Waals surface area contributed by atoms with E-state index in [1.165, 1.54) is 12.3 Å². The molecule has 0 radical (unpaired) electrons. The van der Waals surface area contributed by atoms with Gasteiger partial charge in [0.2, 0.25) is 0 Å². The summed E-state index contributed by atoms with van der Waals surface area (Å²) in [5.74, 6) is 0.593. The van der Waals surface area contributed by atoms with Crippen molar-refractivity contribution >= 4 is 34.4 Å². The van der Waals surface area contributed by atoms with E-state index in [-0.39, 0.29) is 0 Å². The second-order valence-electron chi connectivity index (χ2n) is 4.36. The third-order valence-corrected chi connectivity index (χ3v) is 3.30. The molecule has 0 atom stereocenters. The fourth-order valence-corrected chi connectivity index (χ4v) is 2.23. The Balaban J connectivity index is 1.85. The lowest BCUT2D eigenvalue weighted by Crippen LogP contribution is -2.04. The minimum atomic E-state index is -0.473. The van der Waals surface area contributed by atoms with Gasteiger partial charge in [0.1, 0.15) is 11.5 Å². The number of rotatable bonds is 3. The summed E-state index contributed by atoms with van der Waals surface area (Å²) in [6.45, 7) is 0. The van der Waals surface area contributed by atoms with Crippen LogP contribution in [0, 0.1) is 0 Å². The minimum Gasteiger partial charge on any atom is -0.465 e. The first-order valence-electron chi connectivity index (χ1n) is 6.35. The van der Waals surface area contributed by atoms with E-state index in [1.807, 2.05) is 24.3 Å². The number of hydrogen-bond donors (Lipinski definition) is 0. The molecule has 0 spiro atoms. The zero-order chi connectivity index (χ0) is 14.7. The summed E-state index contributed by atoms with van der Waals surface area (Å²) < 4.78 is 10.5. The summed E-state index contributed by atoms with van der Waals surface area (Å²) in [6.07, 6.45) is 4.42. The van der Waals surface area contributed by atoms with E-state index >= 15 is 0 Å². The van der Waals surface area contributed by atoms with Crippen LogP contribution in [0.1, 0.15) is 5.76 Å². The van der Waals surface area contributed by atoms with Crippen molar-refractivity contribution in [2.45, 2.75) is 0 Å². The molecule has 0 bridgehead atoms. The van der Waals surface area contributed by atoms with Crippen LogP contribution in [0.3, 0.4) is 0 Å². The molecule has 0 amide bonds. The van der Waals surface area contributed by atoms with E-state index in [1.54, 1.807) is 30.3 Å². The van der Waals surface area contributed by atoms with Crippen molar-refractivity contribution in [3.63, 3.8) is 0 Å². The molecule has 3 aromatic rings. The van der Waals surface area contributed by atoms with Gasteiger partial charge in [0.15, 0.2) is 0 Å². The number of fused-ring (bicyclic) bond motifs is 1. The molecule has 0 unspecified atom stereocenters. The molecule has 1 heterocycles. The molecule has 104 valence electrons. The van der Waals surface area contributed by atoms with Crippen LogP contribution in [0.2, 0.25) is 5.02 Å². The van der Waals surface area contributed by atoms with Gasteiger partial charge in [-0.1, -0.05) is 35.9 Å². The number of carbonyl (C=O) groups is 1. The fraction of sp³-hybridized carbons (Fsp3) is 0. The van der Waals surface area contributed by atoms with Crippen molar-refractivity contribution in [3.05, 3.63) is 71.7 Å². The monoisotopic (exact) mass is 298 g/mol. The smallest absolute Gasteiger partial charge is 0.336 e. The van der Waals surface area contributed by atoms with Crippen LogP contribution in [-0.2, 0) is 4.79 Å². The molecule has 1 aromatic heterocycles. The Bertz CT molecular complexity index is 804. The number of ether oxygens (including phenoxy) is 1. The van der Waals surface area contributed by atoms with E-state index in [9.17, 15) is 4.79 Å². The van der Waals surface area contributed by atoms with Crippen molar-refractivity contribution in [1.29, 1.82) is 0 Å². The molecular formula is C17H11ClO3. The van der Waals surface area contributed by atoms with Gasteiger partial charge in [-0.25, -0.2) is 4.79 Å². The Morgan fingerprint density at radius 1 is 1.05 bits per heavy atom. The van der Waals surface area contributed by atoms with Crippen molar-refractivity contribution in [3.8, 4) is 5.75 Å². The molecule has 4 heteroatoms. The van der Waals surface area contributed by atoms with E-state index < -0.39 is 5.97 Å². The van der Waals surface area contributed by atoms with E-state index in [0.717, 1.165) is 10.8 Å². The van der Waals surface area contributed by atoms with Gasteiger partial charge in [0.05, 0.1) is 6.26 Å². The largest absolute Gasteiger partial charge is 0.465 e. The van der Waals surface area contributed by atoms with Crippen LogP contribution < -0.4 is 4.74 Å². The fourth-order valence-electron chi connectivity index (χ4n) is 2.00. The van der Waals surface area contributed by atoms with Crippen molar-refractivity contribution in [2.75, 3.05) is 0 Å². The molecular weight excluding hydrogens is 288 g/mol. The van der Waals surface area contributed by atoms with Crippen molar-refractivity contribution in [1.82, 2.24) is 0 Å². The maximum Gasteiger partial charge on any atom is 0.336 e. The first kappa shape index (κ1) is 13.5. The number of esters is 1. The third kappa shape index (κ3) is 2.98. The number of carbonyl (C=O) groups excluding carboxylic acids is 1. The summed E-state index contributed by atoms with van der Waals surface area (Å²) in [5.41, 5.74) is 0. The van der Waals surface area contributed by atoms with E-state index in [0.29, 0.717) is 16.5 Å². The number of furan rings is 1. The van der Waals surface area contributed by atoms with Gasteiger partial charge in [-0.05, 0) is 30.3 Å². The van der Waals surface area contributed by atoms with Gasteiger partial charge in [-0.15, -0.1) is 0 Å². The van der Waals surface area contributed by atoms with Gasteiger partial charge in [-0.3, -0.25) is 0 Å². The molecule has 0 saturated heterocycles. The van der Waals surface area contributed by atoms with Crippen LogP contribution in [-0.4, -0.2) is 5.97 Å². The van der Waals surface area contributed by atoms with Crippen LogP contribution in [0.5, 0.6) is 5.75 Å². The topological polar surface area (TPSA) is 39.4 Å². The molecule has 3 nitrogen and oxygen atoms in total. The van der Waals surface area contributed by atoms with Gasteiger partial charge in [-0.2, -0.15) is 0 Å². The normalized spacial score (nSPS) is 11.1. The molecule has 0 fully saturated rings. The van der Waals surface area contributed by atoms with Gasteiger partial charge >= 0.3 is 5.97 Å². The summed E-state index contributed by atoms with van der Waals surface area (Å²) >= 11 is 6.13. The zero-order valence-corrected chi connectivity index (χ0v) is 11.7. The Morgan fingerprint density at radius 3 is 2.62 bits per heavy atom. The molecule has 0 aliphatic rings. The maximum atomic E-state index is 11.9. The molecule has 0 saturated carbocycles. The van der Waals surface area contributed by atoms with Gasteiger partial charge < -0.3 is 9.15 Å². The third-order valence-electron chi connectivity index (χ3n) is 2.97. The Labute approximate surface area is 126 Å². The van der Waals surface area contributed by atoms with Crippen LogP contribution >= 0.6 is 11.6 Å². The Hall–Kier alpha value is -2.52. The summed E-state index contributed by atoms with van der Waals surface area (Å²) in [4.78, 5) is 11.9. The second-order valence-corrected chi connectivity index (χ2v) is 4.77. The predicted molar refractivity (Wildman–Crippen MR) is 82.3 cm³/mol. The summed E-state index contributed by atoms with van der Waals surface area (Å²) in [7, 11) is 0. The predicted octanol–water partition coefficient (Wildman–Crippen LogP) is 4.71. The molecule has 0 aliphatic heterocycles. The first-order chi connectivity index (χ1) is 10.2. The lowest BCUT2D eigenvalue weighted by molar-refractivity contribution is -0.128. The number of halogens is 1. The Morgan fingerprint density at radius 2 is 1.86 bits per heavy atom. The highest BCUT2D eigenvalue weighted by molar-refractivity contribution is 6.35. The average Bonchev–Trinajstić information content (AvgIpc) is 3.02. The highest BCUT2D eigenvalue weighted by Crippen LogP contribution is 2.31. The molecule has 2 aromatic carbocycles. The summed E-state index contributed by atoms with van der Waals surface area (Å²) in [5, 5.41) is 2.26. The molecule has 0 N–H and O–H groups in total. The zero-order valence-electron chi connectivity index (χ0n) is 11.0. The highest BCUT2D eigenvalue weighted by Gasteiger charge is 2.08. The SMILES string of the molecule is O=C(/C=C/c1ccco1)Oc1ccc(Cl)c2ccccc12. The average molecular weight is 299 g/mol. The quantitative estimate of drug-likeness (QED) is 0.399. The lowest BCUT2D eigenvalue weighted by Gasteiger charge is -2.07. The van der Waals surface area contributed by atoms with Gasteiger partial charge in [0.25, 0.3) is 0 Å². The number of hydrogen-bond acceptors (Lipinski definition) is 3. The summed E-state index contributed by atoms with van der Waals surface area (Å²) in [6, 6.07) is 14.4. The Kier molecular flexibility index (Phi) is 3.75. The molecule has 0 aliphatic carbocycles. The van der Waals surface area contributed by atoms with Crippen LogP contribution in [0.4, 0.5) is 0 Å². The van der Waals surface area contributed by atoms with E-state index in [4.69, 9.17) is 20.8 Å². The standard InChI is InChI=1S/C17H11ClO3/c18-15-8-9-16(14-6-2-1-5-13(14)15)21-17(19)10-7-12-4-3-11-20-12/h1-11H/b10-7+. The minimum absolute atomic E-state index is 0.473. The second kappa shape index (κ2) is 5.85.